The number of unbranched alkanes of at least 4 members (excludes halogenated alkanes) is 1. The second-order valence-corrected chi connectivity index (χ2v) is 6.01. The van der Waals surface area contributed by atoms with Gasteiger partial charge in [0.05, 0.1) is 0 Å². The molecule has 6 heteroatoms. The van der Waals surface area contributed by atoms with E-state index in [1.807, 2.05) is 36.4 Å². The van der Waals surface area contributed by atoms with Crippen molar-refractivity contribution in [3.8, 4) is 5.75 Å². The molecule has 0 saturated heterocycles. The number of aryl methyl sites for hydroxylation is 1. The number of hydrogen-bond acceptors (Lipinski definition) is 4. The molecule has 0 atom stereocenters. The Bertz CT molecular complexity index is 799. The van der Waals surface area contributed by atoms with E-state index in [-0.39, 0.29) is 0 Å². The normalized spacial score (nSPS) is 10.1. The van der Waals surface area contributed by atoms with Crippen molar-refractivity contribution >= 4 is 17.6 Å². The van der Waals surface area contributed by atoms with Crippen LogP contribution in [0.4, 0.5) is 5.69 Å². The minimum absolute atomic E-state index is 0.411. The molecule has 0 fully saturated rings. The van der Waals surface area contributed by atoms with Crippen LogP contribution in [0.15, 0.2) is 60.3 Å². The average molecular weight is 369 g/mol. The fourth-order valence-electron chi connectivity index (χ4n) is 2.46. The first-order valence-corrected chi connectivity index (χ1v) is 8.74. The Morgan fingerprint density at radius 2 is 1.78 bits per heavy atom. The van der Waals surface area contributed by atoms with E-state index in [1.54, 1.807) is 12.1 Å². The Morgan fingerprint density at radius 1 is 1.07 bits per heavy atom. The van der Waals surface area contributed by atoms with Crippen LogP contribution in [0.1, 0.15) is 30.9 Å². The van der Waals surface area contributed by atoms with Gasteiger partial charge in [0.1, 0.15) is 12.4 Å². The first-order valence-electron chi connectivity index (χ1n) is 8.74. The van der Waals surface area contributed by atoms with Gasteiger partial charge in [0, 0.05) is 18.0 Å². The monoisotopic (exact) mass is 369 g/mol. The Hall–Kier alpha value is -3.28. The third kappa shape index (κ3) is 6.18. The molecule has 0 spiro atoms. The van der Waals surface area contributed by atoms with E-state index in [4.69, 9.17) is 14.9 Å². The van der Waals surface area contributed by atoms with Gasteiger partial charge in [-0.25, -0.2) is 9.59 Å². The number of benzene rings is 2. The van der Waals surface area contributed by atoms with Gasteiger partial charge in [0.25, 0.3) is 0 Å². The van der Waals surface area contributed by atoms with Gasteiger partial charge in [-0.05, 0) is 30.0 Å². The SMILES string of the molecule is CCCCc1ccc(NC=C(C(=O)O)C(=O)O)cc1OCc1ccccc1. The van der Waals surface area contributed by atoms with Crippen LogP contribution < -0.4 is 10.1 Å². The van der Waals surface area contributed by atoms with Crippen molar-refractivity contribution in [2.45, 2.75) is 32.8 Å². The van der Waals surface area contributed by atoms with Gasteiger partial charge in [-0.3, -0.25) is 0 Å². The topological polar surface area (TPSA) is 95.9 Å². The van der Waals surface area contributed by atoms with E-state index < -0.39 is 17.5 Å². The van der Waals surface area contributed by atoms with Crippen molar-refractivity contribution in [3.05, 3.63) is 71.4 Å². The summed E-state index contributed by atoms with van der Waals surface area (Å²) in [6.07, 6.45) is 3.91. The number of aliphatic carboxylic acids is 2. The molecule has 6 nitrogen and oxygen atoms in total. The fraction of sp³-hybridized carbons (Fsp3) is 0.238. The van der Waals surface area contributed by atoms with Gasteiger partial charge < -0.3 is 20.3 Å². The summed E-state index contributed by atoms with van der Waals surface area (Å²) in [4.78, 5) is 21.9. The molecule has 0 amide bonds. The quantitative estimate of drug-likeness (QED) is 0.332. The summed E-state index contributed by atoms with van der Waals surface area (Å²) in [5, 5.41) is 20.6. The highest BCUT2D eigenvalue weighted by atomic mass is 16.5. The maximum atomic E-state index is 10.9. The molecule has 0 unspecified atom stereocenters. The van der Waals surface area contributed by atoms with E-state index >= 15 is 0 Å². The Balaban J connectivity index is 2.20. The van der Waals surface area contributed by atoms with Crippen molar-refractivity contribution in [2.24, 2.45) is 0 Å². The molecule has 27 heavy (non-hydrogen) atoms. The van der Waals surface area contributed by atoms with E-state index in [0.29, 0.717) is 18.0 Å². The van der Waals surface area contributed by atoms with Crippen LogP contribution in [0.5, 0.6) is 5.75 Å². The Labute approximate surface area is 158 Å². The highest BCUT2D eigenvalue weighted by molar-refractivity contribution is 6.12. The molecule has 0 heterocycles. The third-order valence-corrected chi connectivity index (χ3v) is 3.95. The predicted molar refractivity (Wildman–Crippen MR) is 103 cm³/mol. The molecule has 3 N–H and O–H groups in total. The highest BCUT2D eigenvalue weighted by Crippen LogP contribution is 2.26. The minimum atomic E-state index is -1.50. The van der Waals surface area contributed by atoms with E-state index in [2.05, 4.69) is 12.2 Å². The Morgan fingerprint density at radius 3 is 2.41 bits per heavy atom. The van der Waals surface area contributed by atoms with Gasteiger partial charge in [-0.15, -0.1) is 0 Å². The van der Waals surface area contributed by atoms with Crippen LogP contribution in [-0.4, -0.2) is 22.2 Å². The van der Waals surface area contributed by atoms with Crippen molar-refractivity contribution < 1.29 is 24.5 Å². The lowest BCUT2D eigenvalue weighted by Gasteiger charge is -2.14. The lowest BCUT2D eigenvalue weighted by atomic mass is 10.1. The molecule has 2 aromatic carbocycles. The number of anilines is 1. The van der Waals surface area contributed by atoms with Gasteiger partial charge in [-0.1, -0.05) is 49.7 Å². The largest absolute Gasteiger partial charge is 0.489 e. The summed E-state index contributed by atoms with van der Waals surface area (Å²) in [6.45, 7) is 2.53. The number of ether oxygens (including phenoxy) is 1. The predicted octanol–water partition coefficient (Wildman–Crippen LogP) is 4.07. The van der Waals surface area contributed by atoms with Crippen LogP contribution >= 0.6 is 0 Å². The summed E-state index contributed by atoms with van der Waals surface area (Å²) in [5.41, 5.74) is 1.91. The summed E-state index contributed by atoms with van der Waals surface area (Å²) < 4.78 is 5.97. The molecule has 142 valence electrons. The van der Waals surface area contributed by atoms with Gasteiger partial charge >= 0.3 is 11.9 Å². The van der Waals surface area contributed by atoms with E-state index in [9.17, 15) is 9.59 Å². The average Bonchev–Trinajstić information content (AvgIpc) is 2.66. The van der Waals surface area contributed by atoms with Gasteiger partial charge in [0.15, 0.2) is 5.57 Å². The second-order valence-electron chi connectivity index (χ2n) is 6.01. The molecular formula is C21H23NO5. The first-order chi connectivity index (χ1) is 13.0. The smallest absolute Gasteiger partial charge is 0.344 e. The zero-order valence-electron chi connectivity index (χ0n) is 15.1. The van der Waals surface area contributed by atoms with Crippen LogP contribution in [0.3, 0.4) is 0 Å². The first kappa shape index (κ1) is 20.0. The Kier molecular flexibility index (Phi) is 7.43. The molecule has 0 saturated carbocycles. The van der Waals surface area contributed by atoms with Crippen molar-refractivity contribution in [2.75, 3.05) is 5.32 Å². The fourth-order valence-corrected chi connectivity index (χ4v) is 2.46. The molecule has 2 rings (SSSR count). The van der Waals surface area contributed by atoms with Crippen LogP contribution in [0, 0.1) is 0 Å². The molecule has 0 aliphatic rings. The lowest BCUT2D eigenvalue weighted by molar-refractivity contribution is -0.140. The summed E-state index contributed by atoms with van der Waals surface area (Å²) in [5.74, 6) is -2.32. The minimum Gasteiger partial charge on any atom is -0.489 e. The van der Waals surface area contributed by atoms with E-state index in [1.165, 1.54) is 0 Å². The molecule has 0 aliphatic heterocycles. The van der Waals surface area contributed by atoms with Gasteiger partial charge in [0.2, 0.25) is 0 Å². The second kappa shape index (κ2) is 10.0. The third-order valence-electron chi connectivity index (χ3n) is 3.95. The standard InChI is InChI=1S/C21H23NO5/c1-2-3-9-16-10-11-17(22-13-18(20(23)24)21(25)26)12-19(16)27-14-15-7-5-4-6-8-15/h4-8,10-13,22H,2-3,9,14H2,1H3,(H,23,24)(H,25,26). The molecule has 0 bridgehead atoms. The number of carboxylic acids is 2. The summed E-state index contributed by atoms with van der Waals surface area (Å²) >= 11 is 0. The molecule has 0 radical (unpaired) electrons. The molecule has 2 aromatic rings. The maximum Gasteiger partial charge on any atom is 0.344 e. The lowest BCUT2D eigenvalue weighted by Crippen LogP contribution is -2.12. The summed E-state index contributed by atoms with van der Waals surface area (Å²) in [6, 6.07) is 15.2. The zero-order valence-corrected chi connectivity index (χ0v) is 15.1. The van der Waals surface area contributed by atoms with Crippen LogP contribution in [0.2, 0.25) is 0 Å². The van der Waals surface area contributed by atoms with Crippen LogP contribution in [-0.2, 0) is 22.6 Å². The highest BCUT2D eigenvalue weighted by Gasteiger charge is 2.15. The molecular weight excluding hydrogens is 346 g/mol. The zero-order chi connectivity index (χ0) is 19.6. The number of rotatable bonds is 10. The maximum absolute atomic E-state index is 10.9. The van der Waals surface area contributed by atoms with Crippen molar-refractivity contribution in [1.82, 2.24) is 0 Å². The van der Waals surface area contributed by atoms with Crippen molar-refractivity contribution in [1.29, 1.82) is 0 Å². The number of carbonyl (C=O) groups is 2. The molecule has 0 aliphatic carbocycles. The molecule has 0 aromatic heterocycles. The van der Waals surface area contributed by atoms with E-state index in [0.717, 1.165) is 36.6 Å². The van der Waals surface area contributed by atoms with Crippen molar-refractivity contribution in [3.63, 3.8) is 0 Å². The van der Waals surface area contributed by atoms with Gasteiger partial charge in [-0.2, -0.15) is 0 Å². The van der Waals surface area contributed by atoms with Crippen LogP contribution in [0.25, 0.3) is 0 Å². The summed E-state index contributed by atoms with van der Waals surface area (Å²) in [7, 11) is 0. The number of carboxylic acid groups (broad SMARTS) is 2. The number of nitrogens with one attached hydrogen (secondary N) is 1. The number of hydrogen-bond donors (Lipinski definition) is 3.